The molecule has 0 aliphatic heterocycles. The van der Waals surface area contributed by atoms with Crippen molar-refractivity contribution in [2.75, 3.05) is 0 Å². The van der Waals surface area contributed by atoms with Crippen molar-refractivity contribution in [1.29, 1.82) is 0 Å². The van der Waals surface area contributed by atoms with Gasteiger partial charge in [-0.2, -0.15) is 18.3 Å². The Morgan fingerprint density at radius 1 is 1.36 bits per heavy atom. The van der Waals surface area contributed by atoms with Crippen LogP contribution in [0, 0.1) is 12.8 Å². The lowest BCUT2D eigenvalue weighted by atomic mass is 9.87. The van der Waals surface area contributed by atoms with Crippen LogP contribution in [0.4, 0.5) is 13.2 Å². The predicted octanol–water partition coefficient (Wildman–Crippen LogP) is 3.47. The van der Waals surface area contributed by atoms with Gasteiger partial charge in [-0.05, 0) is 51.5 Å². The molecule has 2 rings (SSSR count). The van der Waals surface area contributed by atoms with E-state index >= 15 is 0 Å². The molecule has 1 saturated carbocycles. The van der Waals surface area contributed by atoms with E-state index in [2.05, 4.69) is 17.3 Å². The lowest BCUT2D eigenvalue weighted by Crippen LogP contribution is -2.41. The van der Waals surface area contributed by atoms with Gasteiger partial charge in [0.1, 0.15) is 6.04 Å². The highest BCUT2D eigenvalue weighted by Crippen LogP contribution is 2.29. The molecule has 1 aromatic heterocycles. The van der Waals surface area contributed by atoms with Crippen LogP contribution in [-0.2, 0) is 11.0 Å². The molecule has 1 atom stereocenters. The Morgan fingerprint density at radius 2 is 1.95 bits per heavy atom. The van der Waals surface area contributed by atoms with Crippen LogP contribution in [-0.4, -0.2) is 21.7 Å². The maximum atomic E-state index is 12.7. The Kier molecular flexibility index (Phi) is 4.82. The molecular weight excluding hydrogens is 295 g/mol. The molecule has 0 bridgehead atoms. The summed E-state index contributed by atoms with van der Waals surface area (Å²) in [6.45, 7) is 5.28. The van der Waals surface area contributed by atoms with Gasteiger partial charge in [-0.3, -0.25) is 9.48 Å². The number of hydrogen-bond donors (Lipinski definition) is 1. The number of rotatable bonds is 3. The van der Waals surface area contributed by atoms with E-state index in [1.807, 2.05) is 0 Å². The Labute approximate surface area is 128 Å². The van der Waals surface area contributed by atoms with E-state index in [4.69, 9.17) is 0 Å². The topological polar surface area (TPSA) is 46.9 Å². The van der Waals surface area contributed by atoms with Gasteiger partial charge in [0.05, 0.1) is 0 Å². The first kappa shape index (κ1) is 16.8. The van der Waals surface area contributed by atoms with Crippen LogP contribution in [0.2, 0.25) is 0 Å². The highest BCUT2D eigenvalue weighted by molar-refractivity contribution is 5.80. The smallest absolute Gasteiger partial charge is 0.352 e. The van der Waals surface area contributed by atoms with Gasteiger partial charge in [-0.25, -0.2) is 0 Å². The number of nitrogens with zero attached hydrogens (tertiary/aromatic N) is 2. The third-order valence-electron chi connectivity index (χ3n) is 4.32. The SMILES string of the molecule is Cc1cc(C(F)(F)F)nn1[C@H](C)C(=O)NC1CCC(C)CC1. The first-order valence-corrected chi connectivity index (χ1v) is 7.62. The molecule has 1 aromatic rings. The fraction of sp³-hybridized carbons (Fsp3) is 0.733. The molecular formula is C15H22F3N3O. The fourth-order valence-electron chi connectivity index (χ4n) is 2.86. The number of carbonyl (C=O) groups is 1. The summed E-state index contributed by atoms with van der Waals surface area (Å²) < 4.78 is 39.2. The molecule has 4 nitrogen and oxygen atoms in total. The molecule has 1 N–H and O–H groups in total. The van der Waals surface area contributed by atoms with Gasteiger partial charge in [0.15, 0.2) is 5.69 Å². The summed E-state index contributed by atoms with van der Waals surface area (Å²) in [5.74, 6) is 0.396. The summed E-state index contributed by atoms with van der Waals surface area (Å²) in [4.78, 5) is 12.3. The average molecular weight is 317 g/mol. The number of amides is 1. The molecule has 0 saturated heterocycles. The Hall–Kier alpha value is -1.53. The van der Waals surface area contributed by atoms with E-state index in [0.717, 1.165) is 36.4 Å². The maximum absolute atomic E-state index is 12.7. The molecule has 1 amide bonds. The minimum atomic E-state index is -4.49. The zero-order valence-corrected chi connectivity index (χ0v) is 13.1. The van der Waals surface area contributed by atoms with Crippen molar-refractivity contribution in [2.24, 2.45) is 5.92 Å². The summed E-state index contributed by atoms with van der Waals surface area (Å²) in [7, 11) is 0. The lowest BCUT2D eigenvalue weighted by molar-refractivity contribution is -0.142. The van der Waals surface area contributed by atoms with Gasteiger partial charge >= 0.3 is 6.18 Å². The highest BCUT2D eigenvalue weighted by atomic mass is 19.4. The second-order valence-corrected chi connectivity index (χ2v) is 6.25. The summed E-state index contributed by atoms with van der Waals surface area (Å²) in [6.07, 6.45) is -0.514. The van der Waals surface area contributed by atoms with Crippen LogP contribution in [0.15, 0.2) is 6.07 Å². The van der Waals surface area contributed by atoms with Crippen LogP contribution in [0.1, 0.15) is 57.0 Å². The van der Waals surface area contributed by atoms with Crippen molar-refractivity contribution >= 4 is 5.91 Å². The number of alkyl halides is 3. The molecule has 0 spiro atoms. The molecule has 1 heterocycles. The van der Waals surface area contributed by atoms with Crippen LogP contribution in [0.5, 0.6) is 0 Å². The van der Waals surface area contributed by atoms with Gasteiger partial charge in [0.25, 0.3) is 0 Å². The van der Waals surface area contributed by atoms with Gasteiger partial charge in [0, 0.05) is 11.7 Å². The Balaban J connectivity index is 2.03. The number of halogens is 3. The van der Waals surface area contributed by atoms with Crippen LogP contribution >= 0.6 is 0 Å². The monoisotopic (exact) mass is 317 g/mol. The van der Waals surface area contributed by atoms with Gasteiger partial charge in [0.2, 0.25) is 5.91 Å². The summed E-state index contributed by atoms with van der Waals surface area (Å²) >= 11 is 0. The number of aryl methyl sites for hydroxylation is 1. The number of hydrogen-bond acceptors (Lipinski definition) is 2. The summed E-state index contributed by atoms with van der Waals surface area (Å²) in [6, 6.07) is 0.325. The molecule has 1 fully saturated rings. The summed E-state index contributed by atoms with van der Waals surface area (Å²) in [5.41, 5.74) is -0.636. The first-order valence-electron chi connectivity index (χ1n) is 7.62. The summed E-state index contributed by atoms with van der Waals surface area (Å²) in [5, 5.41) is 6.47. The molecule has 0 aromatic carbocycles. The maximum Gasteiger partial charge on any atom is 0.435 e. The van der Waals surface area contributed by atoms with Crippen molar-refractivity contribution in [3.8, 4) is 0 Å². The van der Waals surface area contributed by atoms with Gasteiger partial charge in [-0.15, -0.1) is 0 Å². The number of nitrogens with one attached hydrogen (secondary N) is 1. The van der Waals surface area contributed by atoms with Crippen molar-refractivity contribution in [1.82, 2.24) is 15.1 Å². The van der Waals surface area contributed by atoms with E-state index in [0.29, 0.717) is 11.6 Å². The molecule has 0 unspecified atom stereocenters. The second kappa shape index (κ2) is 6.30. The highest BCUT2D eigenvalue weighted by Gasteiger charge is 2.35. The zero-order valence-electron chi connectivity index (χ0n) is 13.1. The molecule has 7 heteroatoms. The van der Waals surface area contributed by atoms with Crippen LogP contribution in [0.25, 0.3) is 0 Å². The Bertz CT molecular complexity index is 531. The van der Waals surface area contributed by atoms with E-state index in [1.165, 1.54) is 6.92 Å². The fourth-order valence-corrected chi connectivity index (χ4v) is 2.86. The minimum absolute atomic E-state index is 0.115. The number of aromatic nitrogens is 2. The lowest BCUT2D eigenvalue weighted by Gasteiger charge is -2.28. The molecule has 124 valence electrons. The van der Waals surface area contributed by atoms with Gasteiger partial charge in [-0.1, -0.05) is 6.92 Å². The van der Waals surface area contributed by atoms with E-state index in [9.17, 15) is 18.0 Å². The zero-order chi connectivity index (χ0) is 16.5. The molecule has 0 radical (unpaired) electrons. The minimum Gasteiger partial charge on any atom is -0.352 e. The van der Waals surface area contributed by atoms with E-state index in [-0.39, 0.29) is 11.9 Å². The van der Waals surface area contributed by atoms with Gasteiger partial charge < -0.3 is 5.32 Å². The third-order valence-corrected chi connectivity index (χ3v) is 4.32. The van der Waals surface area contributed by atoms with Crippen molar-refractivity contribution in [3.63, 3.8) is 0 Å². The van der Waals surface area contributed by atoms with Crippen LogP contribution < -0.4 is 5.32 Å². The van der Waals surface area contributed by atoms with Crippen molar-refractivity contribution in [2.45, 2.75) is 64.7 Å². The third kappa shape index (κ3) is 3.81. The predicted molar refractivity (Wildman–Crippen MR) is 76.2 cm³/mol. The van der Waals surface area contributed by atoms with Crippen LogP contribution in [0.3, 0.4) is 0 Å². The van der Waals surface area contributed by atoms with Crippen molar-refractivity contribution in [3.05, 3.63) is 17.5 Å². The number of carbonyl (C=O) groups excluding carboxylic acids is 1. The first-order chi connectivity index (χ1) is 10.2. The standard InChI is InChI=1S/C15H22F3N3O/c1-9-4-6-12(7-5-9)19-14(22)11(3)21-10(2)8-13(20-21)15(16,17)18/h8-9,11-12H,4-7H2,1-3H3,(H,19,22)/t9?,11-,12?/m1/s1. The Morgan fingerprint density at radius 3 is 2.45 bits per heavy atom. The largest absolute Gasteiger partial charge is 0.435 e. The van der Waals surface area contributed by atoms with E-state index in [1.54, 1.807) is 6.92 Å². The molecule has 1 aliphatic rings. The quantitative estimate of drug-likeness (QED) is 0.928. The average Bonchev–Trinajstić information content (AvgIpc) is 2.82. The molecule has 1 aliphatic carbocycles. The van der Waals surface area contributed by atoms with Crippen molar-refractivity contribution < 1.29 is 18.0 Å². The van der Waals surface area contributed by atoms with E-state index < -0.39 is 17.9 Å². The second-order valence-electron chi connectivity index (χ2n) is 6.25. The normalized spacial score (nSPS) is 24.1. The molecule has 22 heavy (non-hydrogen) atoms.